The van der Waals surface area contributed by atoms with Crippen LogP contribution in [0.2, 0.25) is 0 Å². The summed E-state index contributed by atoms with van der Waals surface area (Å²) in [5, 5.41) is 34.9. The molecule has 4 rings (SSSR count). The first-order valence-electron chi connectivity index (χ1n) is 19.2. The van der Waals surface area contributed by atoms with Crippen LogP contribution in [0, 0.1) is 5.41 Å². The number of Topliss-reactive ketones (excluding diaryl/α,β-unsaturated/α-hetero) is 1. The van der Waals surface area contributed by atoms with Gasteiger partial charge in [0.15, 0.2) is 30.1 Å². The molecular weight excluding hydrogens is 692 g/mol. The van der Waals surface area contributed by atoms with Gasteiger partial charge in [0.05, 0.1) is 44.6 Å². The molecule has 4 aliphatic rings. The summed E-state index contributed by atoms with van der Waals surface area (Å²) in [6.07, 6.45) is 3.65. The predicted octanol–water partition coefficient (Wildman–Crippen LogP) is 4.24. The zero-order valence-electron chi connectivity index (χ0n) is 31.9. The Hall–Kier alpha value is -2.72. The smallest absolute Gasteiger partial charge is 0.330 e. The average molecular weight is 753 g/mol. The summed E-state index contributed by atoms with van der Waals surface area (Å²) in [5.41, 5.74) is -1.19. The fourth-order valence-corrected chi connectivity index (χ4v) is 7.49. The molecular formula is C39H60O14. The molecule has 3 saturated heterocycles. The fourth-order valence-electron chi connectivity index (χ4n) is 7.49. The van der Waals surface area contributed by atoms with Gasteiger partial charge >= 0.3 is 17.9 Å². The van der Waals surface area contributed by atoms with Crippen molar-refractivity contribution in [1.29, 1.82) is 0 Å². The molecule has 14 heteroatoms. The summed E-state index contributed by atoms with van der Waals surface area (Å²) in [6, 6.07) is 0. The zero-order valence-corrected chi connectivity index (χ0v) is 31.9. The summed E-state index contributed by atoms with van der Waals surface area (Å²) in [4.78, 5) is 51.9. The molecule has 0 saturated carbocycles. The Bertz CT molecular complexity index is 1330. The Morgan fingerprint density at radius 1 is 1.00 bits per heavy atom. The van der Waals surface area contributed by atoms with Crippen molar-refractivity contribution >= 4 is 23.7 Å². The van der Waals surface area contributed by atoms with Crippen molar-refractivity contribution in [3.8, 4) is 0 Å². The van der Waals surface area contributed by atoms with Gasteiger partial charge in [0.1, 0.15) is 0 Å². The van der Waals surface area contributed by atoms with Crippen LogP contribution in [0.4, 0.5) is 0 Å². The number of carbonyl (C=O) groups is 4. The molecule has 9 atom stereocenters. The van der Waals surface area contributed by atoms with Crippen molar-refractivity contribution in [2.75, 3.05) is 13.7 Å². The number of ketones is 1. The molecule has 4 aliphatic heterocycles. The van der Waals surface area contributed by atoms with Gasteiger partial charge < -0.3 is 48.5 Å². The number of ether oxygens (including phenoxy) is 7. The lowest BCUT2D eigenvalue weighted by Crippen LogP contribution is -2.62. The third-order valence-electron chi connectivity index (χ3n) is 10.5. The van der Waals surface area contributed by atoms with Crippen molar-refractivity contribution in [2.45, 2.75) is 178 Å². The Kier molecular flexibility index (Phi) is 15.6. The van der Waals surface area contributed by atoms with Gasteiger partial charge in [0, 0.05) is 43.6 Å². The van der Waals surface area contributed by atoms with Crippen molar-refractivity contribution in [3.63, 3.8) is 0 Å². The van der Waals surface area contributed by atoms with Crippen molar-refractivity contribution in [3.05, 3.63) is 23.8 Å². The molecule has 3 fully saturated rings. The van der Waals surface area contributed by atoms with Gasteiger partial charge in [-0.3, -0.25) is 14.4 Å². The number of esters is 3. The van der Waals surface area contributed by atoms with Crippen LogP contribution in [0.1, 0.15) is 124 Å². The van der Waals surface area contributed by atoms with E-state index in [2.05, 4.69) is 6.92 Å². The number of cyclic esters (lactones) is 1. The number of carbonyl (C=O) groups excluding carboxylic acids is 4. The lowest BCUT2D eigenvalue weighted by molar-refractivity contribution is -0.327. The SMILES string of the molecule is CCCCCCCC(=O)O[C@H]1/C(=C/C(=O)OC)C[C@H]2C[C@H](C(C)=O)OC(=O)C[C@H](O)C[C@@H]3CCCC(O)(C[C@@H]4CCO[C@H](/C=C/C(C)(C)[C@]1(O)O2)O4)O3. The summed E-state index contributed by atoms with van der Waals surface area (Å²) in [5.74, 6) is -6.53. The molecule has 53 heavy (non-hydrogen) atoms. The van der Waals surface area contributed by atoms with E-state index in [1.165, 1.54) is 14.0 Å². The molecule has 0 spiro atoms. The molecule has 3 N–H and O–H groups in total. The van der Waals surface area contributed by atoms with Crippen LogP contribution in [-0.4, -0.2) is 107 Å². The maximum absolute atomic E-state index is 13.3. The second-order valence-electron chi connectivity index (χ2n) is 15.5. The van der Waals surface area contributed by atoms with E-state index < -0.39 is 90.0 Å². The Morgan fingerprint density at radius 3 is 2.47 bits per heavy atom. The van der Waals surface area contributed by atoms with E-state index in [1.54, 1.807) is 26.0 Å². The summed E-state index contributed by atoms with van der Waals surface area (Å²) < 4.78 is 41.0. The van der Waals surface area contributed by atoms with Crippen molar-refractivity contribution < 1.29 is 67.7 Å². The van der Waals surface area contributed by atoms with Crippen LogP contribution >= 0.6 is 0 Å². The van der Waals surface area contributed by atoms with Crippen LogP contribution in [-0.2, 0) is 52.3 Å². The van der Waals surface area contributed by atoms with E-state index in [0.29, 0.717) is 38.7 Å². The Labute approximate surface area is 312 Å². The summed E-state index contributed by atoms with van der Waals surface area (Å²) in [6.45, 7) is 6.97. The minimum Gasteiger partial charge on any atom is -0.466 e. The number of hydrogen-bond acceptors (Lipinski definition) is 14. The quantitative estimate of drug-likeness (QED) is 0.0995. The lowest BCUT2D eigenvalue weighted by Gasteiger charge is -2.51. The molecule has 0 aromatic carbocycles. The minimum atomic E-state index is -2.33. The van der Waals surface area contributed by atoms with Gasteiger partial charge in [-0.2, -0.15) is 0 Å². The lowest BCUT2D eigenvalue weighted by atomic mass is 9.74. The molecule has 0 aliphatic carbocycles. The van der Waals surface area contributed by atoms with Gasteiger partial charge in [-0.15, -0.1) is 0 Å². The van der Waals surface area contributed by atoms with Crippen LogP contribution in [0.5, 0.6) is 0 Å². The zero-order chi connectivity index (χ0) is 38.8. The van der Waals surface area contributed by atoms with Gasteiger partial charge in [0.25, 0.3) is 0 Å². The monoisotopic (exact) mass is 752 g/mol. The van der Waals surface area contributed by atoms with Crippen molar-refractivity contribution in [1.82, 2.24) is 0 Å². The topological polar surface area (TPSA) is 194 Å². The van der Waals surface area contributed by atoms with E-state index >= 15 is 0 Å². The number of hydrogen-bond donors (Lipinski definition) is 3. The highest BCUT2D eigenvalue weighted by Crippen LogP contribution is 2.47. The van der Waals surface area contributed by atoms with Gasteiger partial charge in [-0.1, -0.05) is 52.5 Å². The number of unbranched alkanes of at least 4 members (excludes halogenated alkanes) is 4. The predicted molar refractivity (Wildman–Crippen MR) is 189 cm³/mol. The first-order chi connectivity index (χ1) is 25.1. The fraction of sp³-hybridized carbons (Fsp3) is 0.795. The van der Waals surface area contributed by atoms with E-state index in [1.807, 2.05) is 0 Å². The highest BCUT2D eigenvalue weighted by atomic mass is 16.7. The van der Waals surface area contributed by atoms with Crippen LogP contribution in [0.3, 0.4) is 0 Å². The molecule has 1 unspecified atom stereocenters. The molecule has 6 bridgehead atoms. The molecule has 0 radical (unpaired) electrons. The van der Waals surface area contributed by atoms with Crippen LogP contribution in [0.15, 0.2) is 23.8 Å². The molecule has 4 heterocycles. The van der Waals surface area contributed by atoms with E-state index in [4.69, 9.17) is 33.2 Å². The van der Waals surface area contributed by atoms with E-state index in [9.17, 15) is 34.5 Å². The summed E-state index contributed by atoms with van der Waals surface area (Å²) in [7, 11) is 1.19. The average Bonchev–Trinajstić information content (AvgIpc) is 3.08. The number of aliphatic hydroxyl groups is 3. The van der Waals surface area contributed by atoms with E-state index in [0.717, 1.165) is 31.8 Å². The third-order valence-corrected chi connectivity index (χ3v) is 10.5. The minimum absolute atomic E-state index is 0.0660. The molecule has 0 aromatic rings. The number of aliphatic hydroxyl groups excluding tert-OH is 1. The first kappa shape index (κ1) is 43.0. The molecule has 300 valence electrons. The molecule has 0 amide bonds. The second kappa shape index (κ2) is 19.2. The highest BCUT2D eigenvalue weighted by molar-refractivity contribution is 5.84. The number of methoxy groups -OCH3 is 1. The Morgan fingerprint density at radius 2 is 1.75 bits per heavy atom. The second-order valence-corrected chi connectivity index (χ2v) is 15.5. The first-order valence-corrected chi connectivity index (χ1v) is 19.2. The van der Waals surface area contributed by atoms with Crippen molar-refractivity contribution in [2.24, 2.45) is 5.41 Å². The normalized spacial score (nSPS) is 36.8. The standard InChI is InChI=1S/C39H60O14/c1-6-7-8-9-10-13-32(42)51-36-26(20-33(43)47-5)19-30-23-31(25(2)40)50-34(44)22-27(41)21-28-12-11-16-38(45,52-28)24-29-15-18-48-35(49-29)14-17-37(3,4)39(36,46)53-30/h14,17,20,27-31,35-36,41,45-46H,6-13,15-16,18-19,21-24H2,1-5H3/b17-14+,26-20+/t27-,28+,29+,30+,31-,35+,36+,38?,39-/m1/s1. The molecule has 14 nitrogen and oxygen atoms in total. The Balaban J connectivity index is 1.72. The van der Waals surface area contributed by atoms with E-state index in [-0.39, 0.29) is 37.7 Å². The van der Waals surface area contributed by atoms with Crippen LogP contribution < -0.4 is 0 Å². The maximum Gasteiger partial charge on any atom is 0.330 e. The van der Waals surface area contributed by atoms with Crippen LogP contribution in [0.25, 0.3) is 0 Å². The highest BCUT2D eigenvalue weighted by Gasteiger charge is 2.58. The molecule has 0 aromatic heterocycles. The maximum atomic E-state index is 13.3. The van der Waals surface area contributed by atoms with Gasteiger partial charge in [-0.05, 0) is 50.7 Å². The number of fused-ring (bicyclic) bond motifs is 6. The number of rotatable bonds is 9. The third kappa shape index (κ3) is 12.1. The van der Waals surface area contributed by atoms with Gasteiger partial charge in [0.2, 0.25) is 5.79 Å². The largest absolute Gasteiger partial charge is 0.466 e. The summed E-state index contributed by atoms with van der Waals surface area (Å²) >= 11 is 0. The van der Waals surface area contributed by atoms with Gasteiger partial charge in [-0.25, -0.2) is 4.79 Å².